The van der Waals surface area contributed by atoms with Gasteiger partial charge in [0.05, 0.1) is 16.9 Å². The Morgan fingerprint density at radius 3 is 2.21 bits per heavy atom. The molecule has 0 bridgehead atoms. The van der Waals surface area contributed by atoms with Crippen molar-refractivity contribution in [3.05, 3.63) is 65.8 Å². The van der Waals surface area contributed by atoms with E-state index in [9.17, 15) is 18.0 Å². The van der Waals surface area contributed by atoms with Gasteiger partial charge in [-0.25, -0.2) is 12.7 Å². The van der Waals surface area contributed by atoms with Gasteiger partial charge >= 0.3 is 0 Å². The predicted octanol–water partition coefficient (Wildman–Crippen LogP) is 2.15. The standard InChI is InChI=1S/C18H17NO4S/c1-3-16-17(21)19(12-18(16)10-8-14(20)9-11-18)24(22,23)15-6-4-13(2)5-7-15/h3-11H,12H2,1-2H3/b16-3+. The third kappa shape index (κ3) is 2.43. The van der Waals surface area contributed by atoms with Crippen LogP contribution in [0.2, 0.25) is 0 Å². The van der Waals surface area contributed by atoms with E-state index in [0.717, 1.165) is 9.87 Å². The Morgan fingerprint density at radius 2 is 1.67 bits per heavy atom. The van der Waals surface area contributed by atoms with Gasteiger partial charge in [-0.05, 0) is 38.1 Å². The molecule has 1 aliphatic carbocycles. The summed E-state index contributed by atoms with van der Waals surface area (Å²) in [6.45, 7) is 3.51. The summed E-state index contributed by atoms with van der Waals surface area (Å²) < 4.78 is 26.6. The molecule has 3 rings (SSSR count). The third-order valence-corrected chi connectivity index (χ3v) is 6.09. The highest BCUT2D eigenvalue weighted by atomic mass is 32.2. The van der Waals surface area contributed by atoms with Gasteiger partial charge in [0.2, 0.25) is 0 Å². The Morgan fingerprint density at radius 1 is 1.08 bits per heavy atom. The van der Waals surface area contributed by atoms with Crippen molar-refractivity contribution in [1.29, 1.82) is 0 Å². The molecule has 0 saturated carbocycles. The first-order valence-electron chi connectivity index (χ1n) is 7.53. The van der Waals surface area contributed by atoms with Crippen LogP contribution < -0.4 is 0 Å². The first-order valence-corrected chi connectivity index (χ1v) is 8.97. The number of carbonyl (C=O) groups is 2. The van der Waals surface area contributed by atoms with Gasteiger partial charge in [-0.3, -0.25) is 9.59 Å². The van der Waals surface area contributed by atoms with E-state index in [1.165, 1.54) is 24.3 Å². The van der Waals surface area contributed by atoms with Crippen LogP contribution in [0.15, 0.2) is 65.1 Å². The smallest absolute Gasteiger partial charge is 0.266 e. The minimum absolute atomic E-state index is 0.0397. The van der Waals surface area contributed by atoms with Gasteiger partial charge in [0.1, 0.15) is 0 Å². The number of hydrogen-bond acceptors (Lipinski definition) is 4. The lowest BCUT2D eigenvalue weighted by Crippen LogP contribution is -2.34. The van der Waals surface area contributed by atoms with E-state index in [-0.39, 0.29) is 17.2 Å². The van der Waals surface area contributed by atoms with Gasteiger partial charge in [0.15, 0.2) is 5.78 Å². The minimum atomic E-state index is -3.95. The summed E-state index contributed by atoms with van der Waals surface area (Å²) in [5.74, 6) is -0.731. The highest BCUT2D eigenvalue weighted by Crippen LogP contribution is 2.43. The first kappa shape index (κ1) is 16.4. The molecule has 1 saturated heterocycles. The van der Waals surface area contributed by atoms with Crippen molar-refractivity contribution in [2.24, 2.45) is 5.41 Å². The SMILES string of the molecule is C/C=C1\C(=O)N(S(=O)(=O)c2ccc(C)cc2)CC12C=CC(=O)C=C2. The maximum absolute atomic E-state index is 12.9. The van der Waals surface area contributed by atoms with Crippen LogP contribution in [0.25, 0.3) is 0 Å². The fourth-order valence-electron chi connectivity index (χ4n) is 3.01. The molecule has 0 aromatic heterocycles. The summed E-state index contributed by atoms with van der Waals surface area (Å²) in [6, 6.07) is 6.38. The van der Waals surface area contributed by atoms with Gasteiger partial charge in [-0.15, -0.1) is 0 Å². The average Bonchev–Trinajstić information content (AvgIpc) is 2.83. The van der Waals surface area contributed by atoms with Crippen LogP contribution in [0.5, 0.6) is 0 Å². The zero-order chi connectivity index (χ0) is 17.5. The van der Waals surface area contributed by atoms with Crippen LogP contribution in [-0.2, 0) is 19.6 Å². The van der Waals surface area contributed by atoms with Crippen molar-refractivity contribution in [2.45, 2.75) is 18.7 Å². The number of nitrogens with zero attached hydrogens (tertiary/aromatic N) is 1. The van der Waals surface area contributed by atoms with Gasteiger partial charge in [-0.1, -0.05) is 35.9 Å². The second-order valence-corrected chi connectivity index (χ2v) is 7.80. The van der Waals surface area contributed by atoms with E-state index >= 15 is 0 Å². The molecule has 1 spiro atoms. The minimum Gasteiger partial charge on any atom is -0.290 e. The van der Waals surface area contributed by atoms with Crippen LogP contribution in [0.1, 0.15) is 12.5 Å². The topological polar surface area (TPSA) is 71.5 Å². The fraction of sp³-hybridized carbons (Fsp3) is 0.222. The van der Waals surface area contributed by atoms with Crippen LogP contribution in [0.3, 0.4) is 0 Å². The molecule has 0 N–H and O–H groups in total. The Hall–Kier alpha value is -2.47. The number of allylic oxidation sites excluding steroid dienone is 3. The monoisotopic (exact) mass is 343 g/mol. The number of sulfonamides is 1. The molecule has 5 nitrogen and oxygen atoms in total. The third-order valence-electron chi connectivity index (χ3n) is 4.35. The molecule has 1 aromatic carbocycles. The maximum Gasteiger partial charge on any atom is 0.266 e. The lowest BCUT2D eigenvalue weighted by Gasteiger charge is -2.23. The zero-order valence-corrected chi connectivity index (χ0v) is 14.2. The first-order chi connectivity index (χ1) is 11.3. The molecule has 124 valence electrons. The molecule has 24 heavy (non-hydrogen) atoms. The second-order valence-electron chi connectivity index (χ2n) is 5.94. The second kappa shape index (κ2) is 5.56. The lowest BCUT2D eigenvalue weighted by atomic mass is 9.79. The summed E-state index contributed by atoms with van der Waals surface area (Å²) in [4.78, 5) is 24.2. The largest absolute Gasteiger partial charge is 0.290 e. The van der Waals surface area contributed by atoms with E-state index in [0.29, 0.717) is 5.57 Å². The van der Waals surface area contributed by atoms with E-state index < -0.39 is 21.3 Å². The molecule has 1 fully saturated rings. The average molecular weight is 343 g/mol. The molecule has 0 atom stereocenters. The number of hydrogen-bond donors (Lipinski definition) is 0. The maximum atomic E-state index is 12.9. The van der Waals surface area contributed by atoms with Crippen molar-refractivity contribution in [3.63, 3.8) is 0 Å². The Balaban J connectivity index is 2.06. The molecule has 0 unspecified atom stereocenters. The van der Waals surface area contributed by atoms with Crippen molar-refractivity contribution >= 4 is 21.7 Å². The van der Waals surface area contributed by atoms with E-state index in [2.05, 4.69) is 0 Å². The molecule has 2 aliphatic rings. The van der Waals surface area contributed by atoms with Crippen LogP contribution in [0.4, 0.5) is 0 Å². The number of rotatable bonds is 2. The van der Waals surface area contributed by atoms with Crippen LogP contribution in [0, 0.1) is 12.3 Å². The zero-order valence-electron chi connectivity index (χ0n) is 13.4. The number of aryl methyl sites for hydroxylation is 1. The summed E-state index contributed by atoms with van der Waals surface area (Å²) in [7, 11) is -3.95. The van der Waals surface area contributed by atoms with Crippen molar-refractivity contribution in [2.75, 3.05) is 6.54 Å². The molecule has 1 amide bonds. The molecule has 1 aliphatic heterocycles. The van der Waals surface area contributed by atoms with E-state index in [4.69, 9.17) is 0 Å². The quantitative estimate of drug-likeness (QED) is 0.772. The number of carbonyl (C=O) groups excluding carboxylic acids is 2. The Bertz CT molecular complexity index is 889. The van der Waals surface area contributed by atoms with Crippen molar-refractivity contribution in [1.82, 2.24) is 4.31 Å². The highest BCUT2D eigenvalue weighted by Gasteiger charge is 2.49. The van der Waals surface area contributed by atoms with E-state index in [1.807, 2.05) is 6.92 Å². The summed E-state index contributed by atoms with van der Waals surface area (Å²) >= 11 is 0. The highest BCUT2D eigenvalue weighted by molar-refractivity contribution is 7.89. The van der Waals surface area contributed by atoms with Crippen LogP contribution >= 0.6 is 0 Å². The number of benzene rings is 1. The summed E-state index contributed by atoms with van der Waals surface area (Å²) in [5, 5.41) is 0. The number of ketones is 1. The van der Waals surface area contributed by atoms with E-state index in [1.54, 1.807) is 37.3 Å². The molecule has 1 heterocycles. The van der Waals surface area contributed by atoms with Crippen molar-refractivity contribution < 1.29 is 18.0 Å². The van der Waals surface area contributed by atoms with Gasteiger partial charge in [0, 0.05) is 5.57 Å². The molecule has 6 heteroatoms. The van der Waals surface area contributed by atoms with Crippen molar-refractivity contribution in [3.8, 4) is 0 Å². The Kier molecular flexibility index (Phi) is 3.80. The summed E-state index contributed by atoms with van der Waals surface area (Å²) in [6.07, 6.45) is 7.56. The molecule has 1 aromatic rings. The predicted molar refractivity (Wildman–Crippen MR) is 89.6 cm³/mol. The normalized spacial score (nSPS) is 21.2. The molecular formula is C18H17NO4S. The Labute approximate surface area is 141 Å². The molecular weight excluding hydrogens is 326 g/mol. The van der Waals surface area contributed by atoms with Gasteiger partial charge in [-0.2, -0.15) is 0 Å². The van der Waals surface area contributed by atoms with Gasteiger partial charge < -0.3 is 0 Å². The fourth-order valence-corrected chi connectivity index (χ4v) is 4.44. The molecule has 0 radical (unpaired) electrons. The van der Waals surface area contributed by atoms with Crippen LogP contribution in [-0.4, -0.2) is 31.0 Å². The van der Waals surface area contributed by atoms with Gasteiger partial charge in [0.25, 0.3) is 15.9 Å². The summed E-state index contributed by atoms with van der Waals surface area (Å²) in [5.41, 5.74) is 0.416. The number of amides is 1. The lowest BCUT2D eigenvalue weighted by molar-refractivity contribution is -0.120.